The fourth-order valence-corrected chi connectivity index (χ4v) is 3.97. The zero-order valence-electron chi connectivity index (χ0n) is 12.6. The van der Waals surface area contributed by atoms with Crippen molar-refractivity contribution in [2.75, 3.05) is 7.05 Å². The van der Waals surface area contributed by atoms with E-state index in [9.17, 15) is 4.79 Å². The topological polar surface area (TPSA) is 59.2 Å². The standard InChI is InChI=1S/C16H15N3O2S2/c1-19(8-11-7-13(21-18-11)10-4-5-10)16(20)12-9-23-15(17-12)14-3-2-6-22-14/h2-3,6-7,9-10H,4-5,8H2,1H3. The molecule has 3 aromatic heterocycles. The van der Waals surface area contributed by atoms with Crippen LogP contribution in [-0.2, 0) is 6.54 Å². The molecule has 1 aliphatic rings. The van der Waals surface area contributed by atoms with E-state index in [1.165, 1.54) is 24.2 Å². The molecule has 0 radical (unpaired) electrons. The molecular formula is C16H15N3O2S2. The monoisotopic (exact) mass is 345 g/mol. The van der Waals surface area contributed by atoms with Gasteiger partial charge in [0.15, 0.2) is 0 Å². The minimum atomic E-state index is -0.0972. The average molecular weight is 345 g/mol. The molecule has 0 aromatic carbocycles. The first kappa shape index (κ1) is 14.6. The number of rotatable bonds is 5. The van der Waals surface area contributed by atoms with Gasteiger partial charge in [-0.1, -0.05) is 11.2 Å². The molecule has 0 saturated heterocycles. The Balaban J connectivity index is 1.45. The van der Waals surface area contributed by atoms with Gasteiger partial charge in [-0.25, -0.2) is 4.98 Å². The summed E-state index contributed by atoms with van der Waals surface area (Å²) >= 11 is 3.12. The van der Waals surface area contributed by atoms with E-state index in [2.05, 4.69) is 10.1 Å². The van der Waals surface area contributed by atoms with Crippen LogP contribution in [0.2, 0.25) is 0 Å². The maximum Gasteiger partial charge on any atom is 0.273 e. The molecule has 0 aliphatic heterocycles. The first-order chi connectivity index (χ1) is 11.2. The summed E-state index contributed by atoms with van der Waals surface area (Å²) in [5.74, 6) is 1.37. The van der Waals surface area contributed by atoms with Gasteiger partial charge in [-0.3, -0.25) is 4.79 Å². The lowest BCUT2D eigenvalue weighted by molar-refractivity contribution is 0.0777. The largest absolute Gasteiger partial charge is 0.361 e. The first-order valence-electron chi connectivity index (χ1n) is 7.41. The van der Waals surface area contributed by atoms with Crippen molar-refractivity contribution in [1.29, 1.82) is 0 Å². The van der Waals surface area contributed by atoms with Crippen molar-refractivity contribution in [2.24, 2.45) is 0 Å². The summed E-state index contributed by atoms with van der Waals surface area (Å²) in [5, 5.41) is 8.76. The minimum Gasteiger partial charge on any atom is -0.361 e. The first-order valence-corrected chi connectivity index (χ1v) is 9.17. The Morgan fingerprint density at radius 2 is 2.30 bits per heavy atom. The highest BCUT2D eigenvalue weighted by Gasteiger charge is 2.28. The molecule has 0 bridgehead atoms. The summed E-state index contributed by atoms with van der Waals surface area (Å²) in [6, 6.07) is 5.95. The Hall–Kier alpha value is -1.99. The molecule has 1 fully saturated rings. The van der Waals surface area contributed by atoms with E-state index in [4.69, 9.17) is 4.52 Å². The molecule has 3 aromatic rings. The van der Waals surface area contributed by atoms with Gasteiger partial charge < -0.3 is 9.42 Å². The van der Waals surface area contributed by atoms with Gasteiger partial charge in [0.2, 0.25) is 0 Å². The number of hydrogen-bond acceptors (Lipinski definition) is 6. The van der Waals surface area contributed by atoms with Crippen LogP contribution in [0.5, 0.6) is 0 Å². The van der Waals surface area contributed by atoms with Crippen LogP contribution in [0.3, 0.4) is 0 Å². The molecule has 0 unspecified atom stereocenters. The fraction of sp³-hybridized carbons (Fsp3) is 0.312. The number of nitrogens with zero attached hydrogens (tertiary/aromatic N) is 3. The van der Waals surface area contributed by atoms with E-state index < -0.39 is 0 Å². The molecule has 0 spiro atoms. The van der Waals surface area contributed by atoms with Crippen LogP contribution in [0.1, 0.15) is 40.7 Å². The normalized spacial score (nSPS) is 14.1. The second-order valence-corrected chi connectivity index (χ2v) is 7.48. The maximum absolute atomic E-state index is 12.5. The van der Waals surface area contributed by atoms with Gasteiger partial charge in [0.1, 0.15) is 22.2 Å². The Labute approximate surface area is 141 Å². The quantitative estimate of drug-likeness (QED) is 0.701. The second-order valence-electron chi connectivity index (χ2n) is 5.67. The van der Waals surface area contributed by atoms with Crippen molar-refractivity contribution in [3.05, 3.63) is 46.1 Å². The Morgan fingerprint density at radius 1 is 1.43 bits per heavy atom. The Morgan fingerprint density at radius 3 is 3.04 bits per heavy atom. The summed E-state index contributed by atoms with van der Waals surface area (Å²) in [6.07, 6.45) is 2.35. The highest BCUT2D eigenvalue weighted by molar-refractivity contribution is 7.20. The summed E-state index contributed by atoms with van der Waals surface area (Å²) < 4.78 is 5.33. The number of hydrogen-bond donors (Lipinski definition) is 0. The third kappa shape index (κ3) is 3.07. The van der Waals surface area contributed by atoms with Gasteiger partial charge in [0.05, 0.1) is 11.4 Å². The van der Waals surface area contributed by atoms with Crippen molar-refractivity contribution < 1.29 is 9.32 Å². The van der Waals surface area contributed by atoms with E-state index in [1.807, 2.05) is 29.0 Å². The highest BCUT2D eigenvalue weighted by atomic mass is 32.1. The molecule has 0 N–H and O–H groups in total. The summed E-state index contributed by atoms with van der Waals surface area (Å²) in [6.45, 7) is 0.431. The van der Waals surface area contributed by atoms with Crippen LogP contribution in [0, 0.1) is 0 Å². The number of thiophene rings is 1. The van der Waals surface area contributed by atoms with Crippen molar-refractivity contribution in [1.82, 2.24) is 15.0 Å². The zero-order valence-corrected chi connectivity index (χ0v) is 14.2. The number of aromatic nitrogens is 2. The predicted molar refractivity (Wildman–Crippen MR) is 89.7 cm³/mol. The highest BCUT2D eigenvalue weighted by Crippen LogP contribution is 2.40. The maximum atomic E-state index is 12.5. The lowest BCUT2D eigenvalue weighted by Gasteiger charge is -2.13. The number of thiazole rings is 1. The van der Waals surface area contributed by atoms with Crippen molar-refractivity contribution in [3.8, 4) is 9.88 Å². The molecule has 1 aliphatic carbocycles. The number of carbonyl (C=O) groups is 1. The molecular weight excluding hydrogens is 330 g/mol. The minimum absolute atomic E-state index is 0.0972. The average Bonchev–Trinajstić information content (AvgIpc) is 3.02. The summed E-state index contributed by atoms with van der Waals surface area (Å²) in [4.78, 5) is 19.7. The summed E-state index contributed by atoms with van der Waals surface area (Å²) in [5.41, 5.74) is 1.27. The van der Waals surface area contributed by atoms with Crippen molar-refractivity contribution in [2.45, 2.75) is 25.3 Å². The van der Waals surface area contributed by atoms with Crippen LogP contribution in [0.4, 0.5) is 0 Å². The van der Waals surface area contributed by atoms with E-state index in [-0.39, 0.29) is 5.91 Å². The molecule has 1 saturated carbocycles. The SMILES string of the molecule is CN(Cc1cc(C2CC2)on1)C(=O)c1csc(-c2cccs2)n1. The van der Waals surface area contributed by atoms with E-state index in [0.29, 0.717) is 18.2 Å². The van der Waals surface area contributed by atoms with Crippen LogP contribution < -0.4 is 0 Å². The molecule has 0 atom stereocenters. The Kier molecular flexibility index (Phi) is 3.74. The van der Waals surface area contributed by atoms with Crippen molar-refractivity contribution >= 4 is 28.6 Å². The molecule has 4 rings (SSSR count). The van der Waals surface area contributed by atoms with E-state index in [1.54, 1.807) is 23.3 Å². The fourth-order valence-electron chi connectivity index (χ4n) is 2.36. The van der Waals surface area contributed by atoms with Gasteiger partial charge in [-0.15, -0.1) is 22.7 Å². The Bertz CT molecular complexity index is 818. The number of carbonyl (C=O) groups excluding carboxylic acids is 1. The molecule has 1 amide bonds. The van der Waals surface area contributed by atoms with E-state index >= 15 is 0 Å². The van der Waals surface area contributed by atoms with Crippen LogP contribution in [0.25, 0.3) is 9.88 Å². The third-order valence-electron chi connectivity index (χ3n) is 3.76. The number of amides is 1. The van der Waals surface area contributed by atoms with Gasteiger partial charge in [-0.05, 0) is 24.3 Å². The molecule has 118 valence electrons. The smallest absolute Gasteiger partial charge is 0.273 e. The summed E-state index contributed by atoms with van der Waals surface area (Å²) in [7, 11) is 1.76. The molecule has 7 heteroatoms. The lowest BCUT2D eigenvalue weighted by atomic mass is 10.2. The zero-order chi connectivity index (χ0) is 15.8. The third-order valence-corrected chi connectivity index (χ3v) is 5.64. The lowest BCUT2D eigenvalue weighted by Crippen LogP contribution is -2.26. The van der Waals surface area contributed by atoms with Crippen LogP contribution in [-0.4, -0.2) is 28.0 Å². The molecule has 5 nitrogen and oxygen atoms in total. The van der Waals surface area contributed by atoms with Crippen LogP contribution >= 0.6 is 22.7 Å². The molecule has 23 heavy (non-hydrogen) atoms. The second kappa shape index (κ2) is 5.90. The van der Waals surface area contributed by atoms with E-state index in [0.717, 1.165) is 21.3 Å². The molecule has 3 heterocycles. The van der Waals surface area contributed by atoms with Gasteiger partial charge in [0, 0.05) is 24.4 Å². The van der Waals surface area contributed by atoms with Crippen LogP contribution in [0.15, 0.2) is 33.5 Å². The van der Waals surface area contributed by atoms with Gasteiger partial charge in [-0.2, -0.15) is 0 Å². The van der Waals surface area contributed by atoms with Gasteiger partial charge in [0.25, 0.3) is 5.91 Å². The van der Waals surface area contributed by atoms with Crippen molar-refractivity contribution in [3.63, 3.8) is 0 Å². The van der Waals surface area contributed by atoms with Gasteiger partial charge >= 0.3 is 0 Å². The predicted octanol–water partition coefficient (Wildman–Crippen LogP) is 4.01.